The van der Waals surface area contributed by atoms with Crippen LogP contribution in [0.2, 0.25) is 10.0 Å². The fraction of sp³-hybridized carbons (Fsp3) is 0.312. The Balaban J connectivity index is 2.57. The van der Waals surface area contributed by atoms with Crippen molar-refractivity contribution in [3.63, 3.8) is 0 Å². The molecular weight excluding hydrogens is 381 g/mol. The number of hydrogen-bond donors (Lipinski definition) is 3. The number of amides is 1. The largest absolute Gasteiger partial charge is 0.496 e. The monoisotopic (exact) mass is 399 g/mol. The second-order valence-corrected chi connectivity index (χ2v) is 5.98. The van der Waals surface area contributed by atoms with Crippen LogP contribution < -0.4 is 21.1 Å². The van der Waals surface area contributed by atoms with Crippen LogP contribution in [0, 0.1) is 0 Å². The van der Waals surface area contributed by atoms with Crippen LogP contribution in [0.3, 0.4) is 0 Å². The number of benzene rings is 1. The highest BCUT2D eigenvalue weighted by molar-refractivity contribution is 6.34. The van der Waals surface area contributed by atoms with E-state index in [1.807, 2.05) is 0 Å². The Bertz CT molecular complexity index is 817. The highest BCUT2D eigenvalue weighted by Gasteiger charge is 2.21. The maximum Gasteiger partial charge on any atom is 0.252 e. The molecule has 0 aliphatic rings. The standard InChI is InChI=1S/C16H19Cl2N5O3/c1-20-15-11(18)7-21-16(23-15)22-12-8(4-5-25-2)13(26-3)9(14(19)24)6-10(12)17/h6-7H,4-5H2,1-3H3,(H2,19,24)(H2,20,21,22,23). The summed E-state index contributed by atoms with van der Waals surface area (Å²) in [5, 5.41) is 6.58. The van der Waals surface area contributed by atoms with Gasteiger partial charge in [-0.05, 0) is 6.07 Å². The van der Waals surface area contributed by atoms with Crippen LogP contribution in [0.25, 0.3) is 0 Å². The van der Waals surface area contributed by atoms with Crippen LogP contribution in [0.5, 0.6) is 5.75 Å². The van der Waals surface area contributed by atoms with Crippen molar-refractivity contribution in [2.24, 2.45) is 5.73 Å². The van der Waals surface area contributed by atoms with Crippen molar-refractivity contribution in [1.29, 1.82) is 0 Å². The molecule has 2 rings (SSSR count). The first kappa shape index (κ1) is 20.0. The van der Waals surface area contributed by atoms with Gasteiger partial charge in [-0.1, -0.05) is 23.2 Å². The molecule has 26 heavy (non-hydrogen) atoms. The summed E-state index contributed by atoms with van der Waals surface area (Å²) in [6.45, 7) is 0.382. The van der Waals surface area contributed by atoms with E-state index in [0.717, 1.165) is 0 Å². The number of ether oxygens (including phenoxy) is 2. The number of anilines is 3. The van der Waals surface area contributed by atoms with E-state index in [4.69, 9.17) is 38.4 Å². The minimum absolute atomic E-state index is 0.182. The van der Waals surface area contributed by atoms with Crippen LogP contribution in [0.1, 0.15) is 15.9 Å². The maximum absolute atomic E-state index is 11.7. The predicted octanol–water partition coefficient (Wildman–Crippen LogP) is 2.87. The average molecular weight is 400 g/mol. The molecule has 0 radical (unpaired) electrons. The third-order valence-corrected chi connectivity index (χ3v) is 4.15. The van der Waals surface area contributed by atoms with E-state index in [2.05, 4.69) is 20.6 Å². The zero-order valence-corrected chi connectivity index (χ0v) is 16.0. The Labute approximate surface area is 161 Å². The van der Waals surface area contributed by atoms with Crippen molar-refractivity contribution in [3.05, 3.63) is 33.4 Å². The first-order chi connectivity index (χ1) is 12.4. The quantitative estimate of drug-likeness (QED) is 0.625. The third-order valence-electron chi connectivity index (χ3n) is 3.57. The van der Waals surface area contributed by atoms with Crippen molar-refractivity contribution in [1.82, 2.24) is 9.97 Å². The molecule has 8 nitrogen and oxygen atoms in total. The summed E-state index contributed by atoms with van der Waals surface area (Å²) >= 11 is 12.4. The number of nitrogens with two attached hydrogens (primary N) is 1. The lowest BCUT2D eigenvalue weighted by Crippen LogP contribution is -2.15. The van der Waals surface area contributed by atoms with Gasteiger partial charge in [0.25, 0.3) is 5.91 Å². The average Bonchev–Trinajstić information content (AvgIpc) is 2.62. The van der Waals surface area contributed by atoms with Gasteiger partial charge in [0, 0.05) is 26.1 Å². The van der Waals surface area contributed by atoms with Crippen LogP contribution in [-0.2, 0) is 11.2 Å². The minimum atomic E-state index is -0.644. The molecule has 4 N–H and O–H groups in total. The van der Waals surface area contributed by atoms with Crippen molar-refractivity contribution >= 4 is 46.6 Å². The summed E-state index contributed by atoms with van der Waals surface area (Å²) in [5.41, 5.74) is 6.74. The number of nitrogens with one attached hydrogen (secondary N) is 2. The van der Waals surface area contributed by atoms with E-state index in [1.165, 1.54) is 19.4 Å². The fourth-order valence-corrected chi connectivity index (χ4v) is 2.85. The number of carbonyl (C=O) groups is 1. The molecular formula is C16H19Cl2N5O3. The summed E-state index contributed by atoms with van der Waals surface area (Å²) in [5.74, 6) is 0.408. The van der Waals surface area contributed by atoms with Gasteiger partial charge in [-0.25, -0.2) is 4.98 Å². The number of hydrogen-bond acceptors (Lipinski definition) is 7. The van der Waals surface area contributed by atoms with Gasteiger partial charge in [0.1, 0.15) is 16.6 Å². The van der Waals surface area contributed by atoms with Gasteiger partial charge in [0.15, 0.2) is 0 Å². The van der Waals surface area contributed by atoms with E-state index in [1.54, 1.807) is 14.2 Å². The molecule has 0 unspecified atom stereocenters. The van der Waals surface area contributed by atoms with Gasteiger partial charge in [0.05, 0.1) is 36.2 Å². The molecule has 1 aromatic heterocycles. The summed E-state index contributed by atoms with van der Waals surface area (Å²) in [6.07, 6.45) is 1.88. The third kappa shape index (κ3) is 4.27. The zero-order chi connectivity index (χ0) is 19.3. The zero-order valence-electron chi connectivity index (χ0n) is 14.5. The number of nitrogens with zero attached hydrogens (tertiary/aromatic N) is 2. The molecule has 1 aromatic carbocycles. The lowest BCUT2D eigenvalue weighted by Gasteiger charge is -2.19. The van der Waals surface area contributed by atoms with E-state index in [0.29, 0.717) is 40.9 Å². The minimum Gasteiger partial charge on any atom is -0.496 e. The Morgan fingerprint density at radius 1 is 1.31 bits per heavy atom. The molecule has 0 fully saturated rings. The molecule has 0 saturated carbocycles. The molecule has 10 heteroatoms. The topological polar surface area (TPSA) is 111 Å². The molecule has 0 spiro atoms. The van der Waals surface area contributed by atoms with Crippen LogP contribution >= 0.6 is 23.2 Å². The second-order valence-electron chi connectivity index (χ2n) is 5.16. The van der Waals surface area contributed by atoms with Crippen molar-refractivity contribution in [2.75, 3.05) is 38.5 Å². The van der Waals surface area contributed by atoms with Gasteiger partial charge in [-0.2, -0.15) is 4.98 Å². The van der Waals surface area contributed by atoms with E-state index in [-0.39, 0.29) is 16.5 Å². The lowest BCUT2D eigenvalue weighted by molar-refractivity contribution is 0.0997. The summed E-state index contributed by atoms with van der Waals surface area (Å²) in [4.78, 5) is 20.1. The highest BCUT2D eigenvalue weighted by atomic mass is 35.5. The Morgan fingerprint density at radius 2 is 2.04 bits per heavy atom. The van der Waals surface area contributed by atoms with Gasteiger partial charge < -0.3 is 25.8 Å². The normalized spacial score (nSPS) is 10.5. The van der Waals surface area contributed by atoms with Crippen LogP contribution in [0.15, 0.2) is 12.3 Å². The second kappa shape index (κ2) is 8.88. The first-order valence-electron chi connectivity index (χ1n) is 7.58. The van der Waals surface area contributed by atoms with Crippen LogP contribution in [0.4, 0.5) is 17.5 Å². The molecule has 1 amide bonds. The molecule has 0 saturated heterocycles. The summed E-state index contributed by atoms with van der Waals surface area (Å²) < 4.78 is 10.5. The number of aromatic nitrogens is 2. The Hall–Kier alpha value is -2.29. The molecule has 0 aliphatic carbocycles. The number of methoxy groups -OCH3 is 2. The Kier molecular flexibility index (Phi) is 6.84. The van der Waals surface area contributed by atoms with Crippen LogP contribution in [-0.4, -0.2) is 43.7 Å². The van der Waals surface area contributed by atoms with E-state index >= 15 is 0 Å². The lowest BCUT2D eigenvalue weighted by atomic mass is 10.0. The predicted molar refractivity (Wildman–Crippen MR) is 102 cm³/mol. The maximum atomic E-state index is 11.7. The van der Waals surface area contributed by atoms with E-state index < -0.39 is 5.91 Å². The number of carbonyl (C=O) groups excluding carboxylic acids is 1. The molecule has 2 aromatic rings. The smallest absolute Gasteiger partial charge is 0.252 e. The Morgan fingerprint density at radius 3 is 2.62 bits per heavy atom. The number of halogens is 2. The molecule has 0 aliphatic heterocycles. The SMILES string of the molecule is CNc1nc(Nc2c(Cl)cc(C(N)=O)c(OC)c2CCOC)ncc1Cl. The molecule has 1 heterocycles. The molecule has 0 atom stereocenters. The number of primary amides is 1. The number of rotatable bonds is 8. The highest BCUT2D eigenvalue weighted by Crippen LogP contribution is 2.38. The first-order valence-corrected chi connectivity index (χ1v) is 8.33. The van der Waals surface area contributed by atoms with Crippen molar-refractivity contribution < 1.29 is 14.3 Å². The van der Waals surface area contributed by atoms with Gasteiger partial charge in [0.2, 0.25) is 5.95 Å². The summed E-state index contributed by atoms with van der Waals surface area (Å²) in [7, 11) is 4.72. The van der Waals surface area contributed by atoms with Gasteiger partial charge >= 0.3 is 0 Å². The van der Waals surface area contributed by atoms with Crippen molar-refractivity contribution in [3.8, 4) is 5.75 Å². The molecule has 0 bridgehead atoms. The summed E-state index contributed by atoms with van der Waals surface area (Å²) in [6, 6.07) is 1.44. The van der Waals surface area contributed by atoms with Crippen molar-refractivity contribution in [2.45, 2.75) is 6.42 Å². The van der Waals surface area contributed by atoms with E-state index in [9.17, 15) is 4.79 Å². The fourth-order valence-electron chi connectivity index (χ4n) is 2.39. The van der Waals surface area contributed by atoms with Gasteiger partial charge in [-0.3, -0.25) is 4.79 Å². The van der Waals surface area contributed by atoms with Gasteiger partial charge in [-0.15, -0.1) is 0 Å². The molecule has 140 valence electrons.